The molecule has 0 saturated heterocycles. The highest BCUT2D eigenvalue weighted by Crippen LogP contribution is 2.37. The van der Waals surface area contributed by atoms with E-state index >= 15 is 0 Å². The van der Waals surface area contributed by atoms with E-state index < -0.39 is 21.7 Å². The minimum atomic E-state index is -2.82. The summed E-state index contributed by atoms with van der Waals surface area (Å²) < 4.78 is 63.8. The average Bonchev–Trinajstić information content (AvgIpc) is 3.48. The topological polar surface area (TPSA) is 65.1 Å². The largest absolute Gasteiger partial charge is 0.461 e. The van der Waals surface area contributed by atoms with Gasteiger partial charge in [-0.15, -0.1) is 0 Å². The van der Waals surface area contributed by atoms with Crippen molar-refractivity contribution in [2.45, 2.75) is 283 Å². The predicted molar refractivity (Wildman–Crippen MR) is 334 cm³/mol. The lowest BCUT2D eigenvalue weighted by Gasteiger charge is -2.43. The van der Waals surface area contributed by atoms with E-state index in [-0.39, 0.29) is 35.2 Å². The van der Waals surface area contributed by atoms with Crippen LogP contribution in [0, 0.1) is 11.8 Å². The summed E-state index contributed by atoms with van der Waals surface area (Å²) >= 11 is 3.77. The van der Waals surface area contributed by atoms with Crippen molar-refractivity contribution < 1.29 is 30.3 Å². The Bertz CT molecular complexity index is 1810. The van der Waals surface area contributed by atoms with Gasteiger partial charge in [-0.25, -0.2) is 0 Å². The maximum absolute atomic E-state index is 13.1. The molecule has 0 heterocycles. The van der Waals surface area contributed by atoms with E-state index in [0.29, 0.717) is 50.7 Å². The van der Waals surface area contributed by atoms with Crippen molar-refractivity contribution in [3.63, 3.8) is 0 Å². The molecule has 9 heteroatoms. The number of nitrogens with zero attached hydrogens (tertiary/aromatic N) is 1. The van der Waals surface area contributed by atoms with Gasteiger partial charge in [-0.2, -0.15) is 23.5 Å². The van der Waals surface area contributed by atoms with E-state index in [1.165, 1.54) is 113 Å². The summed E-state index contributed by atoms with van der Waals surface area (Å²) in [6.45, 7) is 6.81. The molecule has 0 bridgehead atoms. The van der Waals surface area contributed by atoms with Gasteiger partial charge in [0.1, 0.15) is 12.2 Å². The lowest BCUT2D eigenvalue weighted by Crippen LogP contribution is -2.66. The zero-order valence-electron chi connectivity index (χ0n) is 54.2. The number of carbonyl (C=O) groups excluding carboxylic acids is 2. The Hall–Kier alpha value is -1.78. The van der Waals surface area contributed by atoms with Crippen LogP contribution in [-0.2, 0) is 23.5 Å². The molecule has 2 aliphatic carbocycles. The Kier molecular flexibility index (Phi) is 31.9. The second kappa shape index (κ2) is 41.2. The molecule has 76 heavy (non-hydrogen) atoms. The monoisotopic (exact) mass is 1110 g/mol. The summed E-state index contributed by atoms with van der Waals surface area (Å²) in [5.41, 5.74) is 0. The fourth-order valence-corrected chi connectivity index (χ4v) is 18.9. The van der Waals surface area contributed by atoms with Gasteiger partial charge in [0.25, 0.3) is 8.32 Å². The molecule has 0 radical (unpaired) electrons. The van der Waals surface area contributed by atoms with E-state index in [9.17, 15) is 12.3 Å². The van der Waals surface area contributed by atoms with Gasteiger partial charge in [0.15, 0.2) is 0 Å². The molecule has 0 aliphatic heterocycles. The van der Waals surface area contributed by atoms with E-state index in [1.54, 1.807) is 4.90 Å². The molecular formula is C67H115NO5S2Si. The van der Waals surface area contributed by atoms with Crippen LogP contribution < -0.4 is 10.4 Å². The van der Waals surface area contributed by atoms with Crippen LogP contribution in [-0.4, -0.2) is 86.1 Å². The molecule has 0 aromatic heterocycles. The first-order valence-electron chi connectivity index (χ1n) is 34.1. The van der Waals surface area contributed by atoms with Crippen LogP contribution in [0.25, 0.3) is 0 Å². The second-order valence-corrected chi connectivity index (χ2v) is 30.6. The molecule has 2 saturated carbocycles. The maximum Gasteiger partial charge on any atom is 0.306 e. The first kappa shape index (κ1) is 58.9. The van der Waals surface area contributed by atoms with Crippen LogP contribution in [0.2, 0.25) is 5.04 Å². The SMILES string of the molecule is [2H]C([2H])([2H])C([2H])([2H])N(CCCCO[Si](c1ccccc1)(c1ccccc1)C(C)(C)C)C(CCCCCSCC(CCCCCC)OC(=O)CCC1CCCCC1)CCCCCSCC(CCCCCC)OC(=O)CCC1CCCCC1. The van der Waals surface area contributed by atoms with Gasteiger partial charge in [0.05, 0.1) is 0 Å². The number of esters is 2. The molecule has 2 unspecified atom stereocenters. The zero-order chi connectivity index (χ0) is 58.7. The van der Waals surface area contributed by atoms with Gasteiger partial charge < -0.3 is 18.8 Å². The quantitative estimate of drug-likeness (QED) is 0.0369. The minimum Gasteiger partial charge on any atom is -0.461 e. The summed E-state index contributed by atoms with van der Waals surface area (Å²) in [6, 6.07) is 21.1. The highest BCUT2D eigenvalue weighted by atomic mass is 32.2. The number of hydrogen-bond acceptors (Lipinski definition) is 8. The summed E-state index contributed by atoms with van der Waals surface area (Å²) in [4.78, 5) is 27.9. The molecule has 0 spiro atoms. The average molecular weight is 1110 g/mol. The van der Waals surface area contributed by atoms with Crippen LogP contribution in [0.1, 0.15) is 267 Å². The number of rotatable bonds is 44. The Morgan fingerprint density at radius 2 is 1.05 bits per heavy atom. The lowest BCUT2D eigenvalue weighted by molar-refractivity contribution is -0.149. The summed E-state index contributed by atoms with van der Waals surface area (Å²) in [6.07, 6.45) is 35.3. The molecular weight excluding hydrogens is 991 g/mol. The fraction of sp³-hybridized carbons (Fsp3) is 0.791. The molecule has 0 N–H and O–H groups in total. The highest BCUT2D eigenvalue weighted by Gasteiger charge is 2.50. The van der Waals surface area contributed by atoms with Crippen molar-refractivity contribution in [3.8, 4) is 0 Å². The number of unbranched alkanes of at least 4 members (excludes halogenated alkanes) is 11. The molecule has 2 aliphatic rings. The van der Waals surface area contributed by atoms with Gasteiger partial charge in [-0.1, -0.05) is 231 Å². The number of benzene rings is 2. The predicted octanol–water partition coefficient (Wildman–Crippen LogP) is 18.1. The van der Waals surface area contributed by atoms with Gasteiger partial charge in [0.2, 0.25) is 0 Å². The number of ether oxygens (including phenoxy) is 2. The molecule has 434 valence electrons. The third-order valence-electron chi connectivity index (χ3n) is 16.7. The Balaban J connectivity index is 1.39. The lowest BCUT2D eigenvalue weighted by atomic mass is 9.86. The fourth-order valence-electron chi connectivity index (χ4n) is 12.1. The van der Waals surface area contributed by atoms with Crippen LogP contribution >= 0.6 is 23.5 Å². The molecule has 2 aromatic rings. The molecule has 2 aromatic carbocycles. The van der Waals surface area contributed by atoms with Gasteiger partial charge >= 0.3 is 11.9 Å². The van der Waals surface area contributed by atoms with Crippen LogP contribution in [0.3, 0.4) is 0 Å². The van der Waals surface area contributed by atoms with E-state index in [0.717, 1.165) is 113 Å². The van der Waals surface area contributed by atoms with Crippen molar-refractivity contribution in [2.75, 3.05) is 42.7 Å². The molecule has 4 rings (SSSR count). The van der Waals surface area contributed by atoms with Crippen molar-refractivity contribution in [1.29, 1.82) is 0 Å². The smallest absolute Gasteiger partial charge is 0.306 e. The highest BCUT2D eigenvalue weighted by molar-refractivity contribution is 7.99. The van der Waals surface area contributed by atoms with Gasteiger partial charge in [-0.05, 0) is 129 Å². The van der Waals surface area contributed by atoms with Gasteiger partial charge in [0, 0.05) is 43.8 Å². The maximum atomic E-state index is 13.1. The number of hydrogen-bond donors (Lipinski definition) is 0. The Morgan fingerprint density at radius 1 is 0.605 bits per heavy atom. The van der Waals surface area contributed by atoms with Crippen molar-refractivity contribution in [3.05, 3.63) is 60.7 Å². The second-order valence-electron chi connectivity index (χ2n) is 24.0. The first-order valence-corrected chi connectivity index (χ1v) is 35.8. The van der Waals surface area contributed by atoms with E-state index in [4.69, 9.17) is 18.0 Å². The first-order chi connectivity index (χ1) is 39.0. The number of carbonyl (C=O) groups is 2. The Morgan fingerprint density at radius 3 is 1.49 bits per heavy atom. The molecule has 2 fully saturated rings. The molecule has 6 nitrogen and oxygen atoms in total. The van der Waals surface area contributed by atoms with Gasteiger partial charge in [-0.3, -0.25) is 9.59 Å². The summed E-state index contributed by atoms with van der Waals surface area (Å²) in [5.74, 6) is 4.86. The Labute approximate surface area is 485 Å². The van der Waals surface area contributed by atoms with Crippen molar-refractivity contribution in [1.82, 2.24) is 4.90 Å². The zero-order valence-corrected chi connectivity index (χ0v) is 51.9. The molecule has 2 atom stereocenters. The van der Waals surface area contributed by atoms with E-state index in [2.05, 4.69) is 95.3 Å². The summed E-state index contributed by atoms with van der Waals surface area (Å²) in [7, 11) is -2.77. The number of thioether (sulfide) groups is 2. The summed E-state index contributed by atoms with van der Waals surface area (Å²) in [5, 5.41) is 2.27. The van der Waals surface area contributed by atoms with Crippen LogP contribution in [0.4, 0.5) is 0 Å². The minimum absolute atomic E-state index is 0.0285. The molecule has 0 amide bonds. The van der Waals surface area contributed by atoms with Crippen LogP contribution in [0.5, 0.6) is 0 Å². The van der Waals surface area contributed by atoms with Crippen molar-refractivity contribution >= 4 is 54.2 Å². The van der Waals surface area contributed by atoms with Crippen LogP contribution in [0.15, 0.2) is 60.7 Å². The normalized spacial score (nSPS) is 17.5. The van der Waals surface area contributed by atoms with Crippen molar-refractivity contribution in [2.24, 2.45) is 11.8 Å². The standard InChI is InChI=1S/C67H115NO5S2Si/c1-7-10-12-26-42-61(72-65(69)50-48-58-36-20-14-21-37-58)56-74-54-34-18-24-40-60(41-25-19-35-55-75-57-62(43-27-13-11-8-2)73-66(70)51-49-59-38-22-15-23-39-59)68(9-3)52-32-33-53-71-76(67(4,5)6,63-44-28-16-29-45-63)64-46-30-17-31-47-64/h16-17,28-31,44-47,58-62H,7-15,18-27,32-43,48-57H2,1-6H3/i3D3,9D2. The third kappa shape index (κ3) is 27.1. The third-order valence-corrected chi connectivity index (χ3v) is 24.1. The van der Waals surface area contributed by atoms with E-state index in [1.807, 2.05) is 23.5 Å².